The fraction of sp³-hybridized carbons (Fsp3) is 0.464. The number of ether oxygens (including phenoxy) is 2. The van der Waals surface area contributed by atoms with Crippen molar-refractivity contribution >= 4 is 17.7 Å². The van der Waals surface area contributed by atoms with Crippen LogP contribution in [0.25, 0.3) is 0 Å². The zero-order valence-electron chi connectivity index (χ0n) is 21.3. The van der Waals surface area contributed by atoms with E-state index in [1.54, 1.807) is 17.0 Å². The molecule has 1 N–H and O–H groups in total. The van der Waals surface area contributed by atoms with Gasteiger partial charge < -0.3 is 14.4 Å². The van der Waals surface area contributed by atoms with Gasteiger partial charge in [0.15, 0.2) is 0 Å². The Morgan fingerprint density at radius 3 is 2.53 bits per heavy atom. The molecule has 3 heterocycles. The summed E-state index contributed by atoms with van der Waals surface area (Å²) < 4.78 is 11.7. The summed E-state index contributed by atoms with van der Waals surface area (Å²) in [7, 11) is 0. The first-order valence-electron chi connectivity index (χ1n) is 12.8. The summed E-state index contributed by atoms with van der Waals surface area (Å²) in [6, 6.07) is 13.2. The molecule has 0 aromatic heterocycles. The van der Waals surface area contributed by atoms with E-state index in [-0.39, 0.29) is 24.3 Å². The number of imide groups is 1. The normalized spacial score (nSPS) is 22.0. The Kier molecular flexibility index (Phi) is 8.38. The Morgan fingerprint density at radius 1 is 1.06 bits per heavy atom. The van der Waals surface area contributed by atoms with Crippen LogP contribution in [0.2, 0.25) is 0 Å². The van der Waals surface area contributed by atoms with E-state index in [1.807, 2.05) is 19.9 Å². The SMILES string of the molecule is CC.CC1CN(Cc2ccc(COc3cccc4c3CN(C3CCC(=O)NC3=O)C4=O)cc2)CCO1. The van der Waals surface area contributed by atoms with Crippen molar-refractivity contribution in [3.05, 3.63) is 64.7 Å². The molecule has 3 aliphatic heterocycles. The third-order valence-electron chi connectivity index (χ3n) is 6.69. The fourth-order valence-electron chi connectivity index (χ4n) is 4.89. The number of carbonyl (C=O) groups is 3. The second-order valence-electron chi connectivity index (χ2n) is 9.20. The topological polar surface area (TPSA) is 88.2 Å². The van der Waals surface area contributed by atoms with Crippen LogP contribution >= 0.6 is 0 Å². The van der Waals surface area contributed by atoms with Gasteiger partial charge in [-0.05, 0) is 36.6 Å². The van der Waals surface area contributed by atoms with Gasteiger partial charge in [-0.25, -0.2) is 0 Å². The van der Waals surface area contributed by atoms with Crippen LogP contribution in [0, 0.1) is 0 Å². The average Bonchev–Trinajstić information content (AvgIpc) is 3.21. The Balaban J connectivity index is 0.00000148. The third-order valence-corrected chi connectivity index (χ3v) is 6.69. The van der Waals surface area contributed by atoms with Crippen molar-refractivity contribution in [1.29, 1.82) is 0 Å². The third kappa shape index (κ3) is 5.77. The molecule has 2 aromatic rings. The van der Waals surface area contributed by atoms with E-state index in [1.165, 1.54) is 5.56 Å². The Hall–Kier alpha value is -3.23. The Morgan fingerprint density at radius 2 is 1.81 bits per heavy atom. The molecule has 2 aromatic carbocycles. The van der Waals surface area contributed by atoms with Gasteiger partial charge in [0.05, 0.1) is 19.3 Å². The number of piperidine rings is 1. The minimum absolute atomic E-state index is 0.197. The number of amides is 3. The second kappa shape index (κ2) is 11.7. The van der Waals surface area contributed by atoms with Crippen LogP contribution in [0.1, 0.15) is 60.7 Å². The molecule has 3 amide bonds. The van der Waals surface area contributed by atoms with Gasteiger partial charge in [-0.1, -0.05) is 44.2 Å². The van der Waals surface area contributed by atoms with Crippen LogP contribution in [0.4, 0.5) is 0 Å². The van der Waals surface area contributed by atoms with E-state index in [4.69, 9.17) is 9.47 Å². The van der Waals surface area contributed by atoms with Crippen molar-refractivity contribution in [2.45, 2.75) is 65.5 Å². The van der Waals surface area contributed by atoms with Crippen molar-refractivity contribution in [2.24, 2.45) is 0 Å². The van der Waals surface area contributed by atoms with Gasteiger partial charge in [-0.3, -0.25) is 24.6 Å². The molecule has 192 valence electrons. The standard InChI is InChI=1S/C26H29N3O5.C2H6/c1-17-13-28(11-12-33-17)14-18-5-7-19(8-6-18)16-34-23-4-2-3-20-21(23)15-29(26(20)32)22-9-10-24(30)27-25(22)31;1-2/h2-8,17,22H,9-16H2,1H3,(H,27,30,31);1-2H3. The average molecular weight is 494 g/mol. The largest absolute Gasteiger partial charge is 0.489 e. The molecule has 0 spiro atoms. The maximum Gasteiger partial charge on any atom is 0.255 e. The Bertz CT molecular complexity index is 1100. The van der Waals surface area contributed by atoms with E-state index in [9.17, 15) is 14.4 Å². The molecule has 8 heteroatoms. The van der Waals surface area contributed by atoms with Crippen molar-refractivity contribution in [2.75, 3.05) is 19.7 Å². The Labute approximate surface area is 212 Å². The molecule has 8 nitrogen and oxygen atoms in total. The van der Waals surface area contributed by atoms with E-state index in [0.717, 1.165) is 37.4 Å². The molecule has 5 rings (SSSR count). The molecule has 0 bridgehead atoms. The summed E-state index contributed by atoms with van der Waals surface area (Å²) in [5, 5.41) is 2.33. The number of hydrogen-bond donors (Lipinski definition) is 1. The maximum atomic E-state index is 13.0. The summed E-state index contributed by atoms with van der Waals surface area (Å²) in [5.41, 5.74) is 3.64. The number of nitrogens with zero attached hydrogens (tertiary/aromatic N) is 2. The van der Waals surface area contributed by atoms with Crippen LogP contribution in [-0.4, -0.2) is 59.4 Å². The van der Waals surface area contributed by atoms with E-state index in [0.29, 0.717) is 30.9 Å². The summed E-state index contributed by atoms with van der Waals surface area (Å²) in [6.07, 6.45) is 0.850. The highest BCUT2D eigenvalue weighted by molar-refractivity contribution is 6.05. The van der Waals surface area contributed by atoms with Crippen LogP contribution < -0.4 is 10.1 Å². The monoisotopic (exact) mass is 493 g/mol. The smallest absolute Gasteiger partial charge is 0.255 e. The molecule has 0 aliphatic carbocycles. The molecule has 0 radical (unpaired) electrons. The number of hydrogen-bond acceptors (Lipinski definition) is 6. The van der Waals surface area contributed by atoms with Crippen molar-refractivity contribution < 1.29 is 23.9 Å². The number of carbonyl (C=O) groups excluding carboxylic acids is 3. The highest BCUT2D eigenvalue weighted by Gasteiger charge is 2.40. The van der Waals surface area contributed by atoms with Crippen LogP contribution in [0.5, 0.6) is 5.75 Å². The predicted molar refractivity (Wildman–Crippen MR) is 135 cm³/mol. The summed E-state index contributed by atoms with van der Waals surface area (Å²) in [6.45, 7) is 10.4. The highest BCUT2D eigenvalue weighted by Crippen LogP contribution is 2.34. The van der Waals surface area contributed by atoms with Crippen LogP contribution in [0.3, 0.4) is 0 Å². The summed E-state index contributed by atoms with van der Waals surface area (Å²) in [5.74, 6) is -0.254. The van der Waals surface area contributed by atoms with Gasteiger partial charge in [0, 0.05) is 37.2 Å². The quantitative estimate of drug-likeness (QED) is 0.622. The lowest BCUT2D eigenvalue weighted by molar-refractivity contribution is -0.136. The van der Waals surface area contributed by atoms with Gasteiger partial charge in [0.1, 0.15) is 18.4 Å². The van der Waals surface area contributed by atoms with Gasteiger partial charge >= 0.3 is 0 Å². The first-order valence-corrected chi connectivity index (χ1v) is 12.8. The number of fused-ring (bicyclic) bond motifs is 1. The molecule has 0 saturated carbocycles. The number of morpholine rings is 1. The van der Waals surface area contributed by atoms with Crippen LogP contribution in [0.15, 0.2) is 42.5 Å². The van der Waals surface area contributed by atoms with Gasteiger partial charge in [0.2, 0.25) is 11.8 Å². The van der Waals surface area contributed by atoms with E-state index >= 15 is 0 Å². The predicted octanol–water partition coefficient (Wildman–Crippen LogP) is 3.27. The van der Waals surface area contributed by atoms with E-state index in [2.05, 4.69) is 41.4 Å². The van der Waals surface area contributed by atoms with Gasteiger partial charge in [-0.2, -0.15) is 0 Å². The lowest BCUT2D eigenvalue weighted by Gasteiger charge is -2.31. The fourth-order valence-corrected chi connectivity index (χ4v) is 4.89. The lowest BCUT2D eigenvalue weighted by atomic mass is 10.0. The van der Waals surface area contributed by atoms with Crippen molar-refractivity contribution in [3.63, 3.8) is 0 Å². The zero-order chi connectivity index (χ0) is 25.7. The minimum atomic E-state index is -0.632. The molecule has 2 atom stereocenters. The number of rotatable bonds is 6. The molecule has 2 saturated heterocycles. The highest BCUT2D eigenvalue weighted by atomic mass is 16.5. The van der Waals surface area contributed by atoms with Crippen molar-refractivity contribution in [3.8, 4) is 5.75 Å². The first kappa shape index (κ1) is 25.9. The molecular formula is C28H35N3O5. The van der Waals surface area contributed by atoms with E-state index < -0.39 is 11.9 Å². The summed E-state index contributed by atoms with van der Waals surface area (Å²) >= 11 is 0. The molecule has 2 fully saturated rings. The molecular weight excluding hydrogens is 458 g/mol. The number of benzene rings is 2. The van der Waals surface area contributed by atoms with Crippen molar-refractivity contribution in [1.82, 2.24) is 15.1 Å². The zero-order valence-corrected chi connectivity index (χ0v) is 21.3. The lowest BCUT2D eigenvalue weighted by Crippen LogP contribution is -2.52. The maximum absolute atomic E-state index is 13.0. The first-order chi connectivity index (χ1) is 17.5. The second-order valence-corrected chi connectivity index (χ2v) is 9.20. The molecule has 2 unspecified atom stereocenters. The van der Waals surface area contributed by atoms with Crippen LogP contribution in [-0.2, 0) is 34.0 Å². The summed E-state index contributed by atoms with van der Waals surface area (Å²) in [4.78, 5) is 40.7. The number of nitrogens with one attached hydrogen (secondary N) is 1. The minimum Gasteiger partial charge on any atom is -0.489 e. The van der Waals surface area contributed by atoms with Gasteiger partial charge in [0.25, 0.3) is 5.91 Å². The molecule has 3 aliphatic rings. The molecule has 36 heavy (non-hydrogen) atoms. The van der Waals surface area contributed by atoms with Gasteiger partial charge in [-0.15, -0.1) is 0 Å².